The number of hydrogen-bond donors (Lipinski definition) is 1. The van der Waals surface area contributed by atoms with E-state index in [-0.39, 0.29) is 6.04 Å². The minimum absolute atomic E-state index is 0.370. The first-order valence-electron chi connectivity index (χ1n) is 9.64. The molecule has 0 bridgehead atoms. The van der Waals surface area contributed by atoms with Crippen molar-refractivity contribution in [1.82, 2.24) is 4.72 Å². The average molecular weight is 412 g/mol. The molecular weight excluding hydrogens is 378 g/mol. The van der Waals surface area contributed by atoms with Gasteiger partial charge in [-0.3, -0.25) is 0 Å². The molecule has 7 heteroatoms. The third kappa shape index (κ3) is 9.61. The Morgan fingerprint density at radius 3 is 2.32 bits per heavy atom. The van der Waals surface area contributed by atoms with Crippen molar-refractivity contribution in [1.29, 1.82) is 0 Å². The van der Waals surface area contributed by atoms with Gasteiger partial charge < -0.3 is 14.2 Å². The molecule has 28 heavy (non-hydrogen) atoms. The molecule has 1 aromatic carbocycles. The van der Waals surface area contributed by atoms with Gasteiger partial charge in [0.05, 0.1) is 13.2 Å². The van der Waals surface area contributed by atoms with Gasteiger partial charge in [-0.15, -0.1) is 0 Å². The standard InChI is InChI=1S/C21H33NO5S/c1-5-21(26-6-2,27-7-3)15-17-28(23,24)22-19(4)12-11-16-25-18-20-13-9-8-10-14-20/h8-15,17,19,22H,5-7,16,18H2,1-4H3/t19-/m1/s1. The van der Waals surface area contributed by atoms with Crippen LogP contribution in [0.1, 0.15) is 39.7 Å². The lowest BCUT2D eigenvalue weighted by Crippen LogP contribution is -2.35. The third-order valence-electron chi connectivity index (χ3n) is 3.87. The van der Waals surface area contributed by atoms with Gasteiger partial charge >= 0.3 is 0 Å². The van der Waals surface area contributed by atoms with Crippen LogP contribution in [-0.2, 0) is 30.8 Å². The van der Waals surface area contributed by atoms with Gasteiger partial charge in [0, 0.05) is 31.1 Å². The van der Waals surface area contributed by atoms with Crippen LogP contribution in [0, 0.1) is 0 Å². The minimum Gasteiger partial charge on any atom is -0.373 e. The summed E-state index contributed by atoms with van der Waals surface area (Å²) in [6.45, 7) is 9.11. The molecule has 0 amide bonds. The fourth-order valence-electron chi connectivity index (χ4n) is 2.56. The summed E-state index contributed by atoms with van der Waals surface area (Å²) in [6.07, 6.45) is 5.53. The molecule has 0 saturated carbocycles. The predicted molar refractivity (Wildman–Crippen MR) is 112 cm³/mol. The monoisotopic (exact) mass is 411 g/mol. The molecule has 1 aromatic rings. The van der Waals surface area contributed by atoms with Crippen molar-refractivity contribution in [3.05, 3.63) is 59.5 Å². The van der Waals surface area contributed by atoms with Crippen molar-refractivity contribution < 1.29 is 22.6 Å². The largest absolute Gasteiger partial charge is 0.373 e. The molecule has 1 atom stereocenters. The van der Waals surface area contributed by atoms with E-state index in [0.717, 1.165) is 11.0 Å². The summed E-state index contributed by atoms with van der Waals surface area (Å²) in [5.74, 6) is -1.03. The van der Waals surface area contributed by atoms with Crippen LogP contribution in [-0.4, -0.2) is 40.1 Å². The Bertz CT molecular complexity index is 695. The van der Waals surface area contributed by atoms with E-state index in [4.69, 9.17) is 14.2 Å². The van der Waals surface area contributed by atoms with Crippen molar-refractivity contribution >= 4 is 10.0 Å². The molecule has 0 heterocycles. The highest BCUT2D eigenvalue weighted by Gasteiger charge is 2.26. The molecule has 1 rings (SSSR count). The summed E-state index contributed by atoms with van der Waals surface area (Å²) in [7, 11) is -3.63. The second-order valence-corrected chi connectivity index (χ2v) is 7.81. The van der Waals surface area contributed by atoms with Crippen LogP contribution in [0.15, 0.2) is 54.0 Å². The minimum atomic E-state index is -3.63. The van der Waals surface area contributed by atoms with Gasteiger partial charge in [0.25, 0.3) is 0 Å². The molecule has 0 fully saturated rings. The Morgan fingerprint density at radius 1 is 1.11 bits per heavy atom. The first-order valence-corrected chi connectivity index (χ1v) is 11.2. The van der Waals surface area contributed by atoms with E-state index < -0.39 is 15.8 Å². The van der Waals surface area contributed by atoms with Gasteiger partial charge in [0.2, 0.25) is 10.0 Å². The van der Waals surface area contributed by atoms with Gasteiger partial charge in [-0.25, -0.2) is 13.1 Å². The van der Waals surface area contributed by atoms with Gasteiger partial charge in [-0.1, -0.05) is 49.4 Å². The maximum absolute atomic E-state index is 12.3. The predicted octanol–water partition coefficient (Wildman–Crippen LogP) is 3.76. The first kappa shape index (κ1) is 24.5. The fourth-order valence-corrected chi connectivity index (χ4v) is 3.62. The SMILES string of the molecule is CCOC(C=CS(=O)(=O)N[C@H](C)C=CCOCc1ccccc1)(CC)OCC. The molecular formula is C21H33NO5S. The normalized spacial score (nSPS) is 14.1. The molecule has 0 aliphatic carbocycles. The van der Waals surface area contributed by atoms with E-state index in [2.05, 4.69) is 4.72 Å². The smallest absolute Gasteiger partial charge is 0.234 e. The van der Waals surface area contributed by atoms with Gasteiger partial charge in [0.15, 0.2) is 5.79 Å². The third-order valence-corrected chi connectivity index (χ3v) is 5.07. The van der Waals surface area contributed by atoms with E-state index in [1.54, 1.807) is 19.1 Å². The quantitative estimate of drug-likeness (QED) is 0.287. The number of ether oxygens (including phenoxy) is 3. The Balaban J connectivity index is 2.52. The summed E-state index contributed by atoms with van der Waals surface area (Å²) in [6, 6.07) is 9.50. The van der Waals surface area contributed by atoms with Crippen LogP contribution in [0.25, 0.3) is 0 Å². The van der Waals surface area contributed by atoms with Crippen LogP contribution in [0.2, 0.25) is 0 Å². The van der Waals surface area contributed by atoms with E-state index in [9.17, 15) is 8.42 Å². The summed E-state index contributed by atoms with van der Waals surface area (Å²) < 4.78 is 44.0. The van der Waals surface area contributed by atoms with Crippen LogP contribution >= 0.6 is 0 Å². The molecule has 0 radical (unpaired) electrons. The highest BCUT2D eigenvalue weighted by Crippen LogP contribution is 2.20. The number of hydrogen-bond acceptors (Lipinski definition) is 5. The summed E-state index contributed by atoms with van der Waals surface area (Å²) in [5.41, 5.74) is 1.10. The maximum atomic E-state index is 12.3. The molecule has 0 aromatic heterocycles. The lowest BCUT2D eigenvalue weighted by atomic mass is 10.2. The second kappa shape index (κ2) is 12.9. The van der Waals surface area contributed by atoms with E-state index in [1.807, 2.05) is 51.1 Å². The number of rotatable bonds is 14. The highest BCUT2D eigenvalue weighted by atomic mass is 32.2. The van der Waals surface area contributed by atoms with Crippen LogP contribution < -0.4 is 4.72 Å². The summed E-state index contributed by atoms with van der Waals surface area (Å²) in [4.78, 5) is 0. The van der Waals surface area contributed by atoms with E-state index >= 15 is 0 Å². The number of nitrogens with one attached hydrogen (secondary N) is 1. The zero-order valence-corrected chi connectivity index (χ0v) is 18.1. The Hall–Kier alpha value is -1.51. The van der Waals surface area contributed by atoms with E-state index in [0.29, 0.717) is 32.8 Å². The van der Waals surface area contributed by atoms with Crippen LogP contribution in [0.3, 0.4) is 0 Å². The number of sulfonamides is 1. The van der Waals surface area contributed by atoms with Gasteiger partial charge in [0.1, 0.15) is 0 Å². The molecule has 0 unspecified atom stereocenters. The van der Waals surface area contributed by atoms with E-state index in [1.165, 1.54) is 6.08 Å². The molecule has 158 valence electrons. The van der Waals surface area contributed by atoms with Crippen molar-refractivity contribution in [3.8, 4) is 0 Å². The molecule has 1 N–H and O–H groups in total. The Morgan fingerprint density at radius 2 is 1.75 bits per heavy atom. The lowest BCUT2D eigenvalue weighted by Gasteiger charge is -2.28. The van der Waals surface area contributed by atoms with Crippen molar-refractivity contribution in [2.45, 2.75) is 52.6 Å². The van der Waals surface area contributed by atoms with Crippen LogP contribution in [0.5, 0.6) is 0 Å². The molecule has 0 aliphatic rings. The summed E-state index contributed by atoms with van der Waals surface area (Å²) in [5, 5.41) is 1.11. The van der Waals surface area contributed by atoms with Gasteiger partial charge in [-0.05, 0) is 32.4 Å². The topological polar surface area (TPSA) is 73.9 Å². The van der Waals surface area contributed by atoms with Gasteiger partial charge in [-0.2, -0.15) is 0 Å². The Kier molecular flexibility index (Phi) is 11.3. The zero-order valence-electron chi connectivity index (χ0n) is 17.3. The van der Waals surface area contributed by atoms with Crippen molar-refractivity contribution in [3.63, 3.8) is 0 Å². The van der Waals surface area contributed by atoms with Crippen LogP contribution in [0.4, 0.5) is 0 Å². The average Bonchev–Trinajstić information content (AvgIpc) is 2.67. The van der Waals surface area contributed by atoms with Crippen molar-refractivity contribution in [2.24, 2.45) is 0 Å². The number of benzene rings is 1. The maximum Gasteiger partial charge on any atom is 0.234 e. The molecule has 0 spiro atoms. The fraction of sp³-hybridized carbons (Fsp3) is 0.524. The molecule has 0 aliphatic heterocycles. The lowest BCUT2D eigenvalue weighted by molar-refractivity contribution is -0.200. The second-order valence-electron chi connectivity index (χ2n) is 6.21. The summed E-state index contributed by atoms with van der Waals surface area (Å²) >= 11 is 0. The molecule has 0 saturated heterocycles. The van der Waals surface area contributed by atoms with Crippen molar-refractivity contribution in [2.75, 3.05) is 19.8 Å². The highest BCUT2D eigenvalue weighted by molar-refractivity contribution is 7.92. The molecule has 6 nitrogen and oxygen atoms in total. The first-order chi connectivity index (χ1) is 13.4. The zero-order chi connectivity index (χ0) is 20.9. The Labute approximate surface area is 169 Å².